The highest BCUT2D eigenvalue weighted by molar-refractivity contribution is 5.98. The number of hydrogen-bond acceptors (Lipinski definition) is 3. The maximum Gasteiger partial charge on any atom is 0.255 e. The molecule has 5 heteroatoms. The molecule has 1 fully saturated rings. The number of rotatable bonds is 3. The van der Waals surface area contributed by atoms with E-state index in [2.05, 4.69) is 29.5 Å². The smallest absolute Gasteiger partial charge is 0.255 e. The third-order valence-electron chi connectivity index (χ3n) is 4.27. The Bertz CT molecular complexity index is 492. The molecule has 0 aliphatic heterocycles. The van der Waals surface area contributed by atoms with Crippen LogP contribution in [-0.2, 0) is 0 Å². The molecule has 1 aliphatic carbocycles. The van der Waals surface area contributed by atoms with E-state index in [1.54, 1.807) is 7.05 Å². The van der Waals surface area contributed by atoms with Crippen molar-refractivity contribution in [2.24, 2.45) is 11.8 Å². The van der Waals surface area contributed by atoms with E-state index >= 15 is 0 Å². The van der Waals surface area contributed by atoms with Gasteiger partial charge in [-0.3, -0.25) is 4.79 Å². The average molecular weight is 279 g/mol. The summed E-state index contributed by atoms with van der Waals surface area (Å²) >= 11 is 0. The van der Waals surface area contributed by atoms with Gasteiger partial charge >= 0.3 is 0 Å². The molecule has 20 heavy (non-hydrogen) atoms. The van der Waals surface area contributed by atoms with Crippen LogP contribution in [0.25, 0.3) is 0 Å². The van der Waals surface area contributed by atoms with Gasteiger partial charge in [-0.1, -0.05) is 13.8 Å². The Morgan fingerprint density at radius 2 is 2.10 bits per heavy atom. The number of pyridine rings is 1. The summed E-state index contributed by atoms with van der Waals surface area (Å²) in [4.78, 5) is 16.2. The summed E-state index contributed by atoms with van der Waals surface area (Å²) in [5.41, 5.74) is 0.263. The van der Waals surface area contributed by atoms with Crippen LogP contribution in [0.1, 0.15) is 43.5 Å². The van der Waals surface area contributed by atoms with Crippen molar-refractivity contribution in [1.82, 2.24) is 10.3 Å². The number of nitrogens with zero attached hydrogens (tertiary/aromatic N) is 1. The topological polar surface area (TPSA) is 54.0 Å². The third-order valence-corrected chi connectivity index (χ3v) is 4.27. The van der Waals surface area contributed by atoms with E-state index < -0.39 is 5.82 Å². The fourth-order valence-electron chi connectivity index (χ4n) is 2.75. The minimum absolute atomic E-state index is 0.168. The molecule has 110 valence electrons. The second-order valence-electron chi connectivity index (χ2n) is 5.74. The van der Waals surface area contributed by atoms with Gasteiger partial charge in [-0.05, 0) is 37.2 Å². The minimum Gasteiger partial charge on any atom is -0.372 e. The van der Waals surface area contributed by atoms with Crippen LogP contribution in [-0.4, -0.2) is 24.0 Å². The van der Waals surface area contributed by atoms with Crippen molar-refractivity contribution < 1.29 is 9.18 Å². The number of amides is 1. The molecule has 4 nitrogen and oxygen atoms in total. The fourth-order valence-corrected chi connectivity index (χ4v) is 2.75. The van der Waals surface area contributed by atoms with Crippen LogP contribution in [0.4, 0.5) is 10.2 Å². The van der Waals surface area contributed by atoms with E-state index in [1.807, 2.05) is 0 Å². The van der Waals surface area contributed by atoms with Crippen molar-refractivity contribution in [2.75, 3.05) is 12.4 Å². The lowest BCUT2D eigenvalue weighted by Gasteiger charge is -2.32. The second kappa shape index (κ2) is 6.20. The fraction of sp³-hybridized carbons (Fsp3) is 0.600. The van der Waals surface area contributed by atoms with Gasteiger partial charge in [0, 0.05) is 13.1 Å². The van der Waals surface area contributed by atoms with Crippen molar-refractivity contribution in [2.45, 2.75) is 39.2 Å². The van der Waals surface area contributed by atoms with Crippen molar-refractivity contribution in [3.63, 3.8) is 0 Å². The molecule has 0 aromatic carbocycles. The summed E-state index contributed by atoms with van der Waals surface area (Å²) in [6.45, 7) is 4.46. The largest absolute Gasteiger partial charge is 0.372 e. The van der Waals surface area contributed by atoms with E-state index in [9.17, 15) is 9.18 Å². The molecule has 1 saturated carbocycles. The quantitative estimate of drug-likeness (QED) is 0.894. The van der Waals surface area contributed by atoms with Crippen LogP contribution in [0.5, 0.6) is 0 Å². The lowest BCUT2D eigenvalue weighted by atomic mass is 9.79. The first kappa shape index (κ1) is 14.8. The van der Waals surface area contributed by atoms with Gasteiger partial charge < -0.3 is 10.6 Å². The zero-order valence-electron chi connectivity index (χ0n) is 12.2. The molecule has 1 amide bonds. The number of nitrogens with one attached hydrogen (secondary N) is 2. The molecule has 0 bridgehead atoms. The maximum absolute atomic E-state index is 13.3. The molecular formula is C15H22FN3O. The van der Waals surface area contributed by atoms with Crippen LogP contribution in [0, 0.1) is 17.7 Å². The molecule has 0 saturated heterocycles. The van der Waals surface area contributed by atoms with Gasteiger partial charge in [0.05, 0.1) is 11.8 Å². The van der Waals surface area contributed by atoms with Gasteiger partial charge in [0.15, 0.2) is 0 Å². The summed E-state index contributed by atoms with van der Waals surface area (Å²) in [6, 6.07) is 1.39. The predicted octanol–water partition coefficient (Wildman–Crippen LogP) is 2.82. The van der Waals surface area contributed by atoms with Crippen LogP contribution in [0.15, 0.2) is 12.3 Å². The Labute approximate surface area is 119 Å². The second-order valence-corrected chi connectivity index (χ2v) is 5.74. The zero-order chi connectivity index (χ0) is 14.7. The van der Waals surface area contributed by atoms with Crippen molar-refractivity contribution >= 4 is 11.7 Å². The summed E-state index contributed by atoms with van der Waals surface area (Å²) in [6.07, 6.45) is 4.18. The summed E-state index contributed by atoms with van der Waals surface area (Å²) < 4.78 is 13.3. The minimum atomic E-state index is -0.500. The van der Waals surface area contributed by atoms with Crippen LogP contribution in [0.3, 0.4) is 0 Å². The highest BCUT2D eigenvalue weighted by Gasteiger charge is 2.26. The molecule has 3 unspecified atom stereocenters. The van der Waals surface area contributed by atoms with Crippen molar-refractivity contribution in [3.05, 3.63) is 23.6 Å². The van der Waals surface area contributed by atoms with Crippen LogP contribution in [0.2, 0.25) is 0 Å². The number of anilines is 1. The number of carbonyl (C=O) groups is 1. The molecule has 0 spiro atoms. The van der Waals surface area contributed by atoms with Crippen LogP contribution < -0.4 is 10.6 Å². The molecule has 2 rings (SSSR count). The number of aromatic nitrogens is 1. The van der Waals surface area contributed by atoms with E-state index in [1.165, 1.54) is 6.07 Å². The van der Waals surface area contributed by atoms with Gasteiger partial charge in [0.25, 0.3) is 5.91 Å². The molecule has 2 N–H and O–H groups in total. The number of carbonyl (C=O) groups excluding carboxylic acids is 1. The highest BCUT2D eigenvalue weighted by atomic mass is 19.1. The van der Waals surface area contributed by atoms with Gasteiger partial charge in [-0.2, -0.15) is 0 Å². The lowest BCUT2D eigenvalue weighted by molar-refractivity contribution is 0.0910. The van der Waals surface area contributed by atoms with E-state index in [0.717, 1.165) is 25.5 Å². The molecule has 1 heterocycles. The van der Waals surface area contributed by atoms with E-state index in [-0.39, 0.29) is 17.5 Å². The summed E-state index contributed by atoms with van der Waals surface area (Å²) in [5.74, 6) is 0.948. The normalized spacial score (nSPS) is 26.1. The monoisotopic (exact) mass is 279 g/mol. The molecule has 1 aliphatic rings. The summed E-state index contributed by atoms with van der Waals surface area (Å²) in [7, 11) is 1.67. The molecule has 3 atom stereocenters. The number of hydrogen-bond donors (Lipinski definition) is 2. The SMILES string of the molecule is CNc1ncc(F)cc1C(=O)NC1CCC(C)C(C)C1. The molecule has 0 radical (unpaired) electrons. The van der Waals surface area contributed by atoms with Gasteiger partial charge in [0.1, 0.15) is 11.6 Å². The third kappa shape index (κ3) is 3.26. The van der Waals surface area contributed by atoms with Gasteiger partial charge in [-0.25, -0.2) is 9.37 Å². The lowest BCUT2D eigenvalue weighted by Crippen LogP contribution is -2.40. The summed E-state index contributed by atoms with van der Waals surface area (Å²) in [5, 5.41) is 5.82. The predicted molar refractivity (Wildman–Crippen MR) is 77.2 cm³/mol. The van der Waals surface area contributed by atoms with Gasteiger partial charge in [0.2, 0.25) is 0 Å². The molecule has 1 aromatic heterocycles. The van der Waals surface area contributed by atoms with Crippen molar-refractivity contribution in [3.8, 4) is 0 Å². The Kier molecular flexibility index (Phi) is 4.57. The van der Waals surface area contributed by atoms with Crippen LogP contribution >= 0.6 is 0 Å². The first-order valence-corrected chi connectivity index (χ1v) is 7.15. The molecular weight excluding hydrogens is 257 g/mol. The standard InChI is InChI=1S/C15H22FN3O/c1-9-4-5-12(6-10(9)2)19-15(20)13-7-11(16)8-18-14(13)17-3/h7-10,12H,4-6H2,1-3H3,(H,17,18)(H,19,20). The first-order chi connectivity index (χ1) is 9.51. The maximum atomic E-state index is 13.3. The number of halogens is 1. The molecule has 1 aromatic rings. The van der Waals surface area contributed by atoms with Crippen molar-refractivity contribution in [1.29, 1.82) is 0 Å². The van der Waals surface area contributed by atoms with E-state index in [0.29, 0.717) is 17.7 Å². The highest BCUT2D eigenvalue weighted by Crippen LogP contribution is 2.29. The Hall–Kier alpha value is -1.65. The Balaban J connectivity index is 2.07. The first-order valence-electron chi connectivity index (χ1n) is 7.15. The van der Waals surface area contributed by atoms with E-state index in [4.69, 9.17) is 0 Å². The van der Waals surface area contributed by atoms with Gasteiger partial charge in [-0.15, -0.1) is 0 Å². The Morgan fingerprint density at radius 3 is 2.75 bits per heavy atom. The Morgan fingerprint density at radius 1 is 1.35 bits per heavy atom. The zero-order valence-corrected chi connectivity index (χ0v) is 12.2. The average Bonchev–Trinajstić information content (AvgIpc) is 2.43.